The Hall–Kier alpha value is -3.68. The standard InChI is InChI=1S/C17H13N7O/c25-17-14-5-7-19-9-15(14)20-16(21-17)4-3-13-11-24(23-22-13)10-12-2-1-6-18-8-12/h1-9,11H,10H2,(H,20,21,25). The summed E-state index contributed by atoms with van der Waals surface area (Å²) in [5, 5.41) is 8.67. The zero-order valence-electron chi connectivity index (χ0n) is 13.1. The lowest BCUT2D eigenvalue weighted by Gasteiger charge is -1.98. The van der Waals surface area contributed by atoms with Gasteiger partial charge in [0.1, 0.15) is 11.5 Å². The van der Waals surface area contributed by atoms with Crippen molar-refractivity contribution < 1.29 is 0 Å². The van der Waals surface area contributed by atoms with Crippen molar-refractivity contribution in [1.29, 1.82) is 0 Å². The van der Waals surface area contributed by atoms with Crippen LogP contribution in [0.3, 0.4) is 0 Å². The maximum Gasteiger partial charge on any atom is 0.259 e. The van der Waals surface area contributed by atoms with Crippen molar-refractivity contribution in [3.63, 3.8) is 0 Å². The smallest absolute Gasteiger partial charge is 0.259 e. The van der Waals surface area contributed by atoms with E-state index in [-0.39, 0.29) is 5.56 Å². The van der Waals surface area contributed by atoms with Crippen molar-refractivity contribution in [2.45, 2.75) is 6.54 Å². The number of pyridine rings is 2. The minimum atomic E-state index is -0.202. The molecule has 8 heteroatoms. The van der Waals surface area contributed by atoms with Crippen LogP contribution >= 0.6 is 0 Å². The van der Waals surface area contributed by atoms with E-state index in [0.29, 0.717) is 29.0 Å². The van der Waals surface area contributed by atoms with Gasteiger partial charge in [0.05, 0.1) is 29.8 Å². The fourth-order valence-electron chi connectivity index (χ4n) is 2.40. The highest BCUT2D eigenvalue weighted by molar-refractivity contribution is 5.77. The number of hydrogen-bond acceptors (Lipinski definition) is 6. The molecule has 1 N–H and O–H groups in total. The average Bonchev–Trinajstić information content (AvgIpc) is 3.08. The highest BCUT2D eigenvalue weighted by Gasteiger charge is 2.02. The normalized spacial score (nSPS) is 11.4. The summed E-state index contributed by atoms with van der Waals surface area (Å²) in [6.45, 7) is 0.589. The SMILES string of the molecule is O=c1[nH]c(C=Cc2cn(Cc3cccnc3)nn2)nc2cnccc12. The molecule has 0 saturated heterocycles. The topological polar surface area (TPSA) is 102 Å². The van der Waals surface area contributed by atoms with E-state index >= 15 is 0 Å². The molecule has 0 saturated carbocycles. The Morgan fingerprint density at radius 1 is 1.12 bits per heavy atom. The number of H-pyrrole nitrogens is 1. The zero-order chi connectivity index (χ0) is 17.1. The summed E-state index contributed by atoms with van der Waals surface area (Å²) >= 11 is 0. The van der Waals surface area contributed by atoms with Gasteiger partial charge >= 0.3 is 0 Å². The fourth-order valence-corrected chi connectivity index (χ4v) is 2.40. The molecule has 0 radical (unpaired) electrons. The first-order chi connectivity index (χ1) is 12.3. The summed E-state index contributed by atoms with van der Waals surface area (Å²) < 4.78 is 1.72. The van der Waals surface area contributed by atoms with E-state index in [9.17, 15) is 4.79 Å². The third-order valence-corrected chi connectivity index (χ3v) is 3.56. The molecule has 0 atom stereocenters. The molecule has 0 amide bonds. The van der Waals surface area contributed by atoms with E-state index in [1.165, 1.54) is 0 Å². The second-order valence-corrected chi connectivity index (χ2v) is 5.38. The molecule has 4 aromatic rings. The van der Waals surface area contributed by atoms with E-state index in [2.05, 4.69) is 30.2 Å². The van der Waals surface area contributed by atoms with E-state index in [4.69, 9.17) is 0 Å². The summed E-state index contributed by atoms with van der Waals surface area (Å²) in [4.78, 5) is 27.2. The predicted molar refractivity (Wildman–Crippen MR) is 92.4 cm³/mol. The van der Waals surface area contributed by atoms with Gasteiger partial charge in [-0.3, -0.25) is 14.8 Å². The van der Waals surface area contributed by atoms with Crippen LogP contribution in [-0.4, -0.2) is 34.9 Å². The number of hydrogen-bond donors (Lipinski definition) is 1. The minimum absolute atomic E-state index is 0.202. The second kappa shape index (κ2) is 6.44. The number of aromatic nitrogens is 7. The van der Waals surface area contributed by atoms with E-state index in [1.807, 2.05) is 18.3 Å². The van der Waals surface area contributed by atoms with Crippen LogP contribution in [0.4, 0.5) is 0 Å². The number of nitrogens with zero attached hydrogens (tertiary/aromatic N) is 6. The number of nitrogens with one attached hydrogen (secondary N) is 1. The molecule has 122 valence electrons. The molecule has 0 bridgehead atoms. The maximum absolute atomic E-state index is 12.0. The van der Waals surface area contributed by atoms with Crippen LogP contribution in [-0.2, 0) is 6.54 Å². The lowest BCUT2D eigenvalue weighted by atomic mass is 10.3. The first-order valence-electron chi connectivity index (χ1n) is 7.59. The van der Waals surface area contributed by atoms with Crippen LogP contribution in [0.2, 0.25) is 0 Å². The second-order valence-electron chi connectivity index (χ2n) is 5.38. The van der Waals surface area contributed by atoms with Crippen molar-refractivity contribution >= 4 is 23.1 Å². The summed E-state index contributed by atoms with van der Waals surface area (Å²) in [7, 11) is 0. The fraction of sp³-hybridized carbons (Fsp3) is 0.0588. The van der Waals surface area contributed by atoms with E-state index in [1.54, 1.807) is 47.7 Å². The lowest BCUT2D eigenvalue weighted by Crippen LogP contribution is -2.09. The van der Waals surface area contributed by atoms with Crippen molar-refractivity contribution in [2.75, 3.05) is 0 Å². The third kappa shape index (κ3) is 3.32. The van der Waals surface area contributed by atoms with Gasteiger partial charge in [-0.2, -0.15) is 0 Å². The molecule has 0 fully saturated rings. The molecule has 0 aromatic carbocycles. The molecule has 0 spiro atoms. The van der Waals surface area contributed by atoms with Gasteiger partial charge in [0.2, 0.25) is 0 Å². The Labute approximate surface area is 141 Å². The van der Waals surface area contributed by atoms with Crippen LogP contribution in [0.15, 0.2) is 54.0 Å². The Kier molecular flexibility index (Phi) is 3.83. The van der Waals surface area contributed by atoms with Gasteiger partial charge in [0.25, 0.3) is 5.56 Å². The highest BCUT2D eigenvalue weighted by atomic mass is 16.1. The number of rotatable bonds is 4. The van der Waals surface area contributed by atoms with Gasteiger partial charge < -0.3 is 4.98 Å². The van der Waals surface area contributed by atoms with Gasteiger partial charge in [-0.25, -0.2) is 9.67 Å². The van der Waals surface area contributed by atoms with Gasteiger partial charge in [0, 0.05) is 18.6 Å². The molecule has 4 rings (SSSR count). The average molecular weight is 331 g/mol. The van der Waals surface area contributed by atoms with Crippen molar-refractivity contribution in [3.8, 4) is 0 Å². The molecule has 25 heavy (non-hydrogen) atoms. The van der Waals surface area contributed by atoms with E-state index in [0.717, 1.165) is 5.56 Å². The monoisotopic (exact) mass is 331 g/mol. The molecular formula is C17H13N7O. The van der Waals surface area contributed by atoms with Gasteiger partial charge in [-0.1, -0.05) is 11.3 Å². The Bertz CT molecular complexity index is 1100. The van der Waals surface area contributed by atoms with Gasteiger partial charge in [-0.05, 0) is 29.8 Å². The minimum Gasteiger partial charge on any atom is -0.306 e. The summed E-state index contributed by atoms with van der Waals surface area (Å²) in [5.41, 5.74) is 2.05. The predicted octanol–water partition coefficient (Wildman–Crippen LogP) is 1.52. The molecule has 4 heterocycles. The summed E-state index contributed by atoms with van der Waals surface area (Å²) in [6.07, 6.45) is 11.9. The van der Waals surface area contributed by atoms with E-state index < -0.39 is 0 Å². The third-order valence-electron chi connectivity index (χ3n) is 3.56. The molecular weight excluding hydrogens is 318 g/mol. The van der Waals surface area contributed by atoms with Crippen LogP contribution in [0.1, 0.15) is 17.1 Å². The Balaban J connectivity index is 1.55. The van der Waals surface area contributed by atoms with Gasteiger partial charge in [0.15, 0.2) is 0 Å². The van der Waals surface area contributed by atoms with Crippen molar-refractivity contribution in [3.05, 3.63) is 76.6 Å². The molecule has 0 unspecified atom stereocenters. The Morgan fingerprint density at radius 3 is 2.92 bits per heavy atom. The Morgan fingerprint density at radius 2 is 2.04 bits per heavy atom. The van der Waals surface area contributed by atoms with Crippen LogP contribution in [0.25, 0.3) is 23.1 Å². The molecule has 0 aliphatic carbocycles. The summed E-state index contributed by atoms with van der Waals surface area (Å²) in [5.74, 6) is 0.437. The zero-order valence-corrected chi connectivity index (χ0v) is 13.1. The maximum atomic E-state index is 12.0. The summed E-state index contributed by atoms with van der Waals surface area (Å²) in [6, 6.07) is 5.49. The molecule has 0 aliphatic rings. The molecule has 4 aromatic heterocycles. The van der Waals surface area contributed by atoms with Crippen molar-refractivity contribution in [1.82, 2.24) is 34.9 Å². The van der Waals surface area contributed by atoms with Crippen LogP contribution < -0.4 is 5.56 Å². The molecule has 8 nitrogen and oxygen atoms in total. The quantitative estimate of drug-likeness (QED) is 0.608. The van der Waals surface area contributed by atoms with Gasteiger partial charge in [-0.15, -0.1) is 5.10 Å². The largest absolute Gasteiger partial charge is 0.306 e. The van der Waals surface area contributed by atoms with Crippen LogP contribution in [0.5, 0.6) is 0 Å². The first kappa shape index (κ1) is 14.9. The highest BCUT2D eigenvalue weighted by Crippen LogP contribution is 2.07. The number of aromatic amines is 1. The first-order valence-corrected chi connectivity index (χ1v) is 7.59. The number of fused-ring (bicyclic) bond motifs is 1. The molecule has 0 aliphatic heterocycles. The van der Waals surface area contributed by atoms with Crippen LogP contribution in [0, 0.1) is 0 Å². The lowest BCUT2D eigenvalue weighted by molar-refractivity contribution is 0.648. The van der Waals surface area contributed by atoms with Crippen molar-refractivity contribution in [2.24, 2.45) is 0 Å².